The summed E-state index contributed by atoms with van der Waals surface area (Å²) in [6.45, 7) is 6.91. The fourth-order valence-electron chi connectivity index (χ4n) is 4.85. The van der Waals surface area contributed by atoms with Gasteiger partial charge in [-0.25, -0.2) is 14.0 Å². The zero-order valence-corrected chi connectivity index (χ0v) is 27.6. The molecule has 3 rings (SSSR count). The molecule has 0 aliphatic rings. The summed E-state index contributed by atoms with van der Waals surface area (Å²) in [6, 6.07) is 17.4. The van der Waals surface area contributed by atoms with Gasteiger partial charge in [0.15, 0.2) is 11.6 Å². The molecule has 0 saturated heterocycles. The Morgan fingerprint density at radius 3 is 1.83 bits per heavy atom. The SMILES string of the molecule is CCCCCCCCCCOc1ccc(N=Nc2ccc(C(=O)Oc3ccc(C(=O)O[C@H](C)CCCCCC)cc3F)cc2)cc1. The van der Waals surface area contributed by atoms with Gasteiger partial charge in [-0.15, -0.1) is 0 Å². The smallest absolute Gasteiger partial charge is 0.343 e. The van der Waals surface area contributed by atoms with Crippen molar-refractivity contribution in [3.8, 4) is 11.5 Å². The molecule has 0 spiro atoms. The first-order valence-corrected chi connectivity index (χ1v) is 16.9. The summed E-state index contributed by atoms with van der Waals surface area (Å²) in [7, 11) is 0. The van der Waals surface area contributed by atoms with E-state index in [2.05, 4.69) is 24.1 Å². The zero-order valence-electron chi connectivity index (χ0n) is 27.6. The summed E-state index contributed by atoms with van der Waals surface area (Å²) < 4.78 is 31.2. The van der Waals surface area contributed by atoms with E-state index >= 15 is 0 Å². The van der Waals surface area contributed by atoms with Gasteiger partial charge in [0.2, 0.25) is 0 Å². The van der Waals surface area contributed by atoms with Crippen LogP contribution in [-0.2, 0) is 4.74 Å². The molecule has 0 fully saturated rings. The highest BCUT2D eigenvalue weighted by Gasteiger charge is 2.17. The standard InChI is InChI=1S/C38H49FN2O5/c1-4-6-8-10-11-12-13-15-27-44-34-24-22-33(23-25-34)41-40-32-20-17-30(18-21-32)37(42)46-36-26-19-31(28-35(36)39)38(43)45-29(3)16-14-9-7-5-2/h17-26,28-29H,4-16,27H2,1-3H3/t29-/m1/s1. The number of unbranched alkanes of at least 4 members (excludes halogenated alkanes) is 10. The Bertz CT molecular complexity index is 1360. The lowest BCUT2D eigenvalue weighted by Crippen LogP contribution is -2.15. The second-order valence-corrected chi connectivity index (χ2v) is 11.7. The minimum Gasteiger partial charge on any atom is -0.494 e. The van der Waals surface area contributed by atoms with E-state index in [9.17, 15) is 14.0 Å². The Hall–Kier alpha value is -4.07. The van der Waals surface area contributed by atoms with Gasteiger partial charge in [-0.1, -0.05) is 78.1 Å². The molecule has 1 atom stereocenters. The third-order valence-electron chi connectivity index (χ3n) is 7.63. The third-order valence-corrected chi connectivity index (χ3v) is 7.63. The number of azo groups is 1. The number of carbonyl (C=O) groups is 2. The average molecular weight is 633 g/mol. The molecule has 0 radical (unpaired) electrons. The van der Waals surface area contributed by atoms with Crippen LogP contribution in [0.3, 0.4) is 0 Å². The largest absolute Gasteiger partial charge is 0.494 e. The predicted octanol–water partition coefficient (Wildman–Crippen LogP) is 11.5. The van der Waals surface area contributed by atoms with Crippen molar-refractivity contribution in [1.29, 1.82) is 0 Å². The average Bonchev–Trinajstić information content (AvgIpc) is 3.06. The van der Waals surface area contributed by atoms with E-state index in [0.29, 0.717) is 18.0 Å². The molecule has 0 heterocycles. The maximum atomic E-state index is 14.7. The highest BCUT2D eigenvalue weighted by atomic mass is 19.1. The summed E-state index contributed by atoms with van der Waals surface area (Å²) in [5.41, 5.74) is 1.50. The molecule has 0 aliphatic heterocycles. The Labute approximate surface area is 273 Å². The van der Waals surface area contributed by atoms with Crippen LogP contribution in [0.25, 0.3) is 0 Å². The Balaban J connectivity index is 1.42. The van der Waals surface area contributed by atoms with Gasteiger partial charge in [-0.2, -0.15) is 10.2 Å². The van der Waals surface area contributed by atoms with Gasteiger partial charge in [0, 0.05) is 0 Å². The molecule has 0 saturated carbocycles. The highest BCUT2D eigenvalue weighted by molar-refractivity contribution is 5.92. The van der Waals surface area contributed by atoms with Crippen molar-refractivity contribution in [2.24, 2.45) is 10.2 Å². The van der Waals surface area contributed by atoms with E-state index in [1.807, 2.05) is 31.2 Å². The second kappa shape index (κ2) is 20.9. The van der Waals surface area contributed by atoms with Gasteiger partial charge < -0.3 is 14.2 Å². The van der Waals surface area contributed by atoms with Crippen LogP contribution in [-0.4, -0.2) is 24.6 Å². The van der Waals surface area contributed by atoms with Gasteiger partial charge in [0.05, 0.1) is 35.2 Å². The first-order chi connectivity index (χ1) is 22.4. The fraction of sp³-hybridized carbons (Fsp3) is 0.474. The number of hydrogen-bond donors (Lipinski definition) is 0. The van der Waals surface area contributed by atoms with Gasteiger partial charge in [-0.3, -0.25) is 0 Å². The molecule has 7 nitrogen and oxygen atoms in total. The number of hydrogen-bond acceptors (Lipinski definition) is 7. The van der Waals surface area contributed by atoms with Crippen molar-refractivity contribution in [3.05, 3.63) is 83.7 Å². The van der Waals surface area contributed by atoms with Crippen molar-refractivity contribution in [3.63, 3.8) is 0 Å². The minimum atomic E-state index is -0.826. The van der Waals surface area contributed by atoms with Crippen LogP contribution < -0.4 is 9.47 Å². The van der Waals surface area contributed by atoms with Gasteiger partial charge in [0.1, 0.15) is 5.75 Å². The number of ether oxygens (including phenoxy) is 3. The normalized spacial score (nSPS) is 11.8. The summed E-state index contributed by atoms with van der Waals surface area (Å²) >= 11 is 0. The molecular weight excluding hydrogens is 583 g/mol. The topological polar surface area (TPSA) is 86.5 Å². The molecule has 248 valence electrons. The Kier molecular flexibility index (Phi) is 16.5. The van der Waals surface area contributed by atoms with Crippen LogP contribution in [0, 0.1) is 5.82 Å². The number of halogens is 1. The van der Waals surface area contributed by atoms with E-state index < -0.39 is 17.8 Å². The molecule has 0 bridgehead atoms. The maximum Gasteiger partial charge on any atom is 0.343 e. The molecule has 46 heavy (non-hydrogen) atoms. The van der Waals surface area contributed by atoms with Crippen LogP contribution in [0.15, 0.2) is 77.0 Å². The van der Waals surface area contributed by atoms with Gasteiger partial charge in [0.25, 0.3) is 0 Å². The first kappa shape index (κ1) is 36.4. The summed E-state index contributed by atoms with van der Waals surface area (Å²) in [6.07, 6.45) is 14.9. The molecule has 3 aromatic rings. The van der Waals surface area contributed by atoms with Crippen LogP contribution in [0.1, 0.15) is 125 Å². The molecule has 0 aliphatic carbocycles. The molecule has 0 amide bonds. The van der Waals surface area contributed by atoms with E-state index in [1.165, 1.54) is 69.2 Å². The van der Waals surface area contributed by atoms with Crippen molar-refractivity contribution in [2.45, 2.75) is 110 Å². The van der Waals surface area contributed by atoms with Crippen LogP contribution >= 0.6 is 0 Å². The monoisotopic (exact) mass is 632 g/mol. The lowest BCUT2D eigenvalue weighted by Gasteiger charge is -2.13. The number of benzene rings is 3. The molecule has 3 aromatic carbocycles. The number of esters is 2. The van der Waals surface area contributed by atoms with Crippen LogP contribution in [0.5, 0.6) is 11.5 Å². The molecule has 8 heteroatoms. The molecular formula is C38H49FN2O5. The second-order valence-electron chi connectivity index (χ2n) is 11.7. The zero-order chi connectivity index (χ0) is 33.0. The third kappa shape index (κ3) is 13.5. The molecule has 0 aromatic heterocycles. The number of rotatable bonds is 21. The Morgan fingerprint density at radius 2 is 1.22 bits per heavy atom. The van der Waals surface area contributed by atoms with Crippen molar-refractivity contribution in [1.82, 2.24) is 0 Å². The molecule has 0 N–H and O–H groups in total. The lowest BCUT2D eigenvalue weighted by atomic mass is 10.1. The van der Waals surface area contributed by atoms with Crippen molar-refractivity contribution < 1.29 is 28.2 Å². The van der Waals surface area contributed by atoms with Gasteiger partial charge >= 0.3 is 11.9 Å². The van der Waals surface area contributed by atoms with E-state index in [-0.39, 0.29) is 23.0 Å². The van der Waals surface area contributed by atoms with Crippen LogP contribution in [0.2, 0.25) is 0 Å². The van der Waals surface area contributed by atoms with E-state index in [1.54, 1.807) is 12.1 Å². The fourth-order valence-corrected chi connectivity index (χ4v) is 4.85. The van der Waals surface area contributed by atoms with E-state index in [4.69, 9.17) is 14.2 Å². The van der Waals surface area contributed by atoms with Gasteiger partial charge in [-0.05, 0) is 92.9 Å². The maximum absolute atomic E-state index is 14.7. The number of carbonyl (C=O) groups excluding carboxylic acids is 2. The summed E-state index contributed by atoms with van der Waals surface area (Å²) in [4.78, 5) is 25.0. The van der Waals surface area contributed by atoms with E-state index in [0.717, 1.165) is 50.3 Å². The minimum absolute atomic E-state index is 0.0633. The lowest BCUT2D eigenvalue weighted by molar-refractivity contribution is 0.0319. The predicted molar refractivity (Wildman–Crippen MR) is 180 cm³/mol. The van der Waals surface area contributed by atoms with Crippen LogP contribution in [0.4, 0.5) is 15.8 Å². The summed E-state index contributed by atoms with van der Waals surface area (Å²) in [5.74, 6) is -1.64. The van der Waals surface area contributed by atoms with Crippen molar-refractivity contribution >= 4 is 23.3 Å². The highest BCUT2D eigenvalue weighted by Crippen LogP contribution is 2.24. The van der Waals surface area contributed by atoms with Crippen molar-refractivity contribution in [2.75, 3.05) is 6.61 Å². The summed E-state index contributed by atoms with van der Waals surface area (Å²) in [5, 5.41) is 8.48. The molecule has 0 unspecified atom stereocenters. The quantitative estimate of drug-likeness (QED) is 0.0505. The first-order valence-electron chi connectivity index (χ1n) is 16.9. The Morgan fingerprint density at radius 1 is 0.674 bits per heavy atom. The number of nitrogens with zero attached hydrogens (tertiary/aromatic N) is 2.